The molecule has 3 aromatic rings. The summed E-state index contributed by atoms with van der Waals surface area (Å²) in [7, 11) is 0. The molecule has 0 bridgehead atoms. The Kier molecular flexibility index (Phi) is 4.10. The fraction of sp³-hybridized carbons (Fsp3) is 0.200. The van der Waals surface area contributed by atoms with E-state index in [-0.39, 0.29) is 4.99 Å². The van der Waals surface area contributed by atoms with Gasteiger partial charge in [0.1, 0.15) is 21.4 Å². The van der Waals surface area contributed by atoms with Crippen molar-refractivity contribution in [2.75, 3.05) is 12.3 Å². The summed E-state index contributed by atoms with van der Waals surface area (Å²) >= 11 is 6.44. The van der Waals surface area contributed by atoms with E-state index in [0.717, 1.165) is 15.8 Å². The molecular weight excluding hydrogens is 330 g/mol. The van der Waals surface area contributed by atoms with Crippen LogP contribution < -0.4 is 16.2 Å². The van der Waals surface area contributed by atoms with Crippen LogP contribution in [0.4, 0.5) is 5.69 Å². The minimum Gasteiger partial charge on any atom is -0.492 e. The number of pyridine rings is 1. The molecule has 0 aliphatic rings. The minimum absolute atomic E-state index is 0.260. The van der Waals surface area contributed by atoms with Gasteiger partial charge in [-0.3, -0.25) is 4.98 Å². The molecule has 0 spiro atoms. The molecule has 0 saturated heterocycles. The van der Waals surface area contributed by atoms with Crippen LogP contribution in [-0.2, 0) is 0 Å². The van der Waals surface area contributed by atoms with Crippen LogP contribution in [-0.4, -0.2) is 26.5 Å². The van der Waals surface area contributed by atoms with Crippen molar-refractivity contribution < 1.29 is 4.74 Å². The Balaban J connectivity index is 2.28. The first-order valence-electron chi connectivity index (χ1n) is 6.96. The van der Waals surface area contributed by atoms with E-state index in [1.54, 1.807) is 12.4 Å². The zero-order chi connectivity index (χ0) is 16.6. The molecule has 8 heteroatoms. The van der Waals surface area contributed by atoms with Crippen molar-refractivity contribution in [2.24, 2.45) is 5.73 Å². The number of aryl methyl sites for hydroxylation is 1. The normalized spacial score (nSPS) is 10.9. The van der Waals surface area contributed by atoms with E-state index in [0.29, 0.717) is 34.4 Å². The first-order chi connectivity index (χ1) is 11.0. The highest BCUT2D eigenvalue weighted by Gasteiger charge is 2.19. The van der Waals surface area contributed by atoms with E-state index in [2.05, 4.69) is 15.0 Å². The molecule has 0 fully saturated rings. The second-order valence-electron chi connectivity index (χ2n) is 4.85. The van der Waals surface area contributed by atoms with Gasteiger partial charge in [-0.05, 0) is 19.9 Å². The Bertz CT molecular complexity index is 906. The molecule has 118 valence electrons. The molecule has 0 amide bonds. The lowest BCUT2D eigenvalue weighted by Crippen LogP contribution is -2.09. The molecule has 0 radical (unpaired) electrons. The van der Waals surface area contributed by atoms with Crippen molar-refractivity contribution in [3.8, 4) is 17.0 Å². The van der Waals surface area contributed by atoms with E-state index in [1.807, 2.05) is 19.9 Å². The van der Waals surface area contributed by atoms with E-state index < -0.39 is 0 Å². The SMILES string of the molecule is CCOc1cncc(-c2nc(C)nc3sc(C(N)=S)c(N)c23)c1. The predicted octanol–water partition coefficient (Wildman–Crippen LogP) is 2.68. The Morgan fingerprint density at radius 3 is 2.83 bits per heavy atom. The van der Waals surface area contributed by atoms with Gasteiger partial charge in [0.15, 0.2) is 0 Å². The number of nitrogen functional groups attached to an aromatic ring is 1. The summed E-state index contributed by atoms with van der Waals surface area (Å²) in [5.41, 5.74) is 14.0. The van der Waals surface area contributed by atoms with E-state index in [9.17, 15) is 0 Å². The van der Waals surface area contributed by atoms with E-state index in [4.69, 9.17) is 28.4 Å². The number of nitrogens with zero attached hydrogens (tertiary/aromatic N) is 3. The van der Waals surface area contributed by atoms with Crippen LogP contribution in [0.5, 0.6) is 5.75 Å². The molecule has 23 heavy (non-hydrogen) atoms. The smallest absolute Gasteiger partial charge is 0.138 e. The first kappa shape index (κ1) is 15.6. The number of thiophene rings is 1. The van der Waals surface area contributed by atoms with Crippen LogP contribution in [0.1, 0.15) is 17.6 Å². The summed E-state index contributed by atoms with van der Waals surface area (Å²) in [5.74, 6) is 1.32. The van der Waals surface area contributed by atoms with Gasteiger partial charge < -0.3 is 16.2 Å². The van der Waals surface area contributed by atoms with E-state index >= 15 is 0 Å². The number of nitrogens with two attached hydrogens (primary N) is 2. The van der Waals surface area contributed by atoms with Gasteiger partial charge in [-0.2, -0.15) is 0 Å². The highest BCUT2D eigenvalue weighted by molar-refractivity contribution is 7.81. The third-order valence-corrected chi connectivity index (χ3v) is 4.69. The fourth-order valence-corrected chi connectivity index (χ4v) is 3.54. The summed E-state index contributed by atoms with van der Waals surface area (Å²) in [4.78, 5) is 14.9. The molecule has 4 N–H and O–H groups in total. The molecule has 0 saturated carbocycles. The molecular formula is C15H15N5OS2. The van der Waals surface area contributed by atoms with Gasteiger partial charge in [0.25, 0.3) is 0 Å². The van der Waals surface area contributed by atoms with Crippen LogP contribution in [0.2, 0.25) is 0 Å². The third-order valence-electron chi connectivity index (χ3n) is 3.22. The molecule has 3 rings (SSSR count). The van der Waals surface area contributed by atoms with Gasteiger partial charge in [-0.15, -0.1) is 11.3 Å². The van der Waals surface area contributed by atoms with Crippen LogP contribution in [0.3, 0.4) is 0 Å². The summed E-state index contributed by atoms with van der Waals surface area (Å²) in [6.07, 6.45) is 3.39. The third kappa shape index (κ3) is 2.82. The van der Waals surface area contributed by atoms with E-state index in [1.165, 1.54) is 11.3 Å². The van der Waals surface area contributed by atoms with Crippen molar-refractivity contribution in [1.29, 1.82) is 0 Å². The molecule has 3 aromatic heterocycles. The predicted molar refractivity (Wildman–Crippen MR) is 96.9 cm³/mol. The lowest BCUT2D eigenvalue weighted by molar-refractivity contribution is 0.339. The number of aromatic nitrogens is 3. The van der Waals surface area contributed by atoms with Crippen molar-refractivity contribution in [2.45, 2.75) is 13.8 Å². The lowest BCUT2D eigenvalue weighted by atomic mass is 10.1. The maximum atomic E-state index is 6.24. The molecule has 0 aliphatic heterocycles. The van der Waals surface area contributed by atoms with Gasteiger partial charge in [0, 0.05) is 11.8 Å². The number of hydrogen-bond donors (Lipinski definition) is 2. The summed E-state index contributed by atoms with van der Waals surface area (Å²) in [6, 6.07) is 1.88. The van der Waals surface area contributed by atoms with Gasteiger partial charge >= 0.3 is 0 Å². The topological polar surface area (TPSA) is 99.9 Å². The molecule has 6 nitrogen and oxygen atoms in total. The second-order valence-corrected chi connectivity index (χ2v) is 6.29. The Morgan fingerprint density at radius 2 is 2.13 bits per heavy atom. The van der Waals surface area contributed by atoms with Crippen LogP contribution in [0, 0.1) is 6.92 Å². The summed E-state index contributed by atoms with van der Waals surface area (Å²) < 4.78 is 5.51. The van der Waals surface area contributed by atoms with Gasteiger partial charge in [-0.1, -0.05) is 12.2 Å². The molecule has 0 aliphatic carbocycles. The molecule has 0 unspecified atom stereocenters. The number of ether oxygens (including phenoxy) is 1. The Hall–Kier alpha value is -2.32. The number of rotatable bonds is 4. The average molecular weight is 345 g/mol. The van der Waals surface area contributed by atoms with Crippen molar-refractivity contribution >= 4 is 44.4 Å². The highest BCUT2D eigenvalue weighted by Crippen LogP contribution is 2.38. The number of hydrogen-bond acceptors (Lipinski definition) is 7. The highest BCUT2D eigenvalue weighted by atomic mass is 32.1. The minimum atomic E-state index is 0.260. The number of thiocarbonyl (C=S) groups is 1. The van der Waals surface area contributed by atoms with Gasteiger partial charge in [-0.25, -0.2) is 9.97 Å². The standard InChI is InChI=1S/C15H15N5OS2/c1-3-21-9-4-8(5-18-6-9)12-10-11(16)13(14(17)22)23-15(10)20-7(2)19-12/h4-6H,3,16H2,1-2H3,(H2,17,22). The van der Waals surface area contributed by atoms with Crippen molar-refractivity contribution in [1.82, 2.24) is 15.0 Å². The van der Waals surface area contributed by atoms with Crippen LogP contribution >= 0.6 is 23.6 Å². The molecule has 0 aromatic carbocycles. The van der Waals surface area contributed by atoms with Gasteiger partial charge in [0.05, 0.1) is 34.4 Å². The maximum Gasteiger partial charge on any atom is 0.138 e. The Morgan fingerprint density at radius 1 is 1.35 bits per heavy atom. The van der Waals surface area contributed by atoms with Crippen LogP contribution in [0.25, 0.3) is 21.5 Å². The lowest BCUT2D eigenvalue weighted by Gasteiger charge is -2.07. The largest absolute Gasteiger partial charge is 0.492 e. The van der Waals surface area contributed by atoms with Crippen molar-refractivity contribution in [3.05, 3.63) is 29.2 Å². The number of fused-ring (bicyclic) bond motifs is 1. The average Bonchev–Trinajstić information content (AvgIpc) is 2.84. The zero-order valence-corrected chi connectivity index (χ0v) is 14.3. The summed E-state index contributed by atoms with van der Waals surface area (Å²) in [6.45, 7) is 4.32. The number of anilines is 1. The summed E-state index contributed by atoms with van der Waals surface area (Å²) in [5, 5.41) is 0.749. The fourth-order valence-electron chi connectivity index (χ4n) is 2.31. The van der Waals surface area contributed by atoms with Crippen LogP contribution in [0.15, 0.2) is 18.5 Å². The maximum absolute atomic E-state index is 6.24. The molecule has 3 heterocycles. The molecule has 0 atom stereocenters. The van der Waals surface area contributed by atoms with Gasteiger partial charge in [0.2, 0.25) is 0 Å². The quantitative estimate of drug-likeness (QED) is 0.701. The zero-order valence-electron chi connectivity index (χ0n) is 12.7. The first-order valence-corrected chi connectivity index (χ1v) is 8.18. The Labute approximate surface area is 142 Å². The second kappa shape index (κ2) is 6.05. The van der Waals surface area contributed by atoms with Crippen molar-refractivity contribution in [3.63, 3.8) is 0 Å². The monoisotopic (exact) mass is 345 g/mol.